The predicted octanol–water partition coefficient (Wildman–Crippen LogP) is 2.91. The van der Waals surface area contributed by atoms with Gasteiger partial charge < -0.3 is 10.4 Å². The van der Waals surface area contributed by atoms with Gasteiger partial charge >= 0.3 is 0 Å². The summed E-state index contributed by atoms with van der Waals surface area (Å²) < 4.78 is 0. The minimum absolute atomic E-state index is 0.0170. The minimum Gasteiger partial charge on any atom is -0.387 e. The lowest BCUT2D eigenvalue weighted by atomic mass is 9.97. The van der Waals surface area contributed by atoms with Crippen molar-refractivity contribution >= 4 is 0 Å². The van der Waals surface area contributed by atoms with E-state index in [0.717, 1.165) is 16.7 Å². The lowest BCUT2D eigenvalue weighted by Gasteiger charge is -2.22. The van der Waals surface area contributed by atoms with Crippen LogP contribution in [0.5, 0.6) is 0 Å². The molecule has 3 nitrogen and oxygen atoms in total. The number of pyridine rings is 1. The second kappa shape index (κ2) is 6.64. The molecule has 0 saturated carbocycles. The van der Waals surface area contributed by atoms with Crippen molar-refractivity contribution in [1.29, 1.82) is 0 Å². The van der Waals surface area contributed by atoms with Crippen molar-refractivity contribution < 1.29 is 5.11 Å². The van der Waals surface area contributed by atoms with E-state index in [-0.39, 0.29) is 6.04 Å². The van der Waals surface area contributed by atoms with Crippen LogP contribution in [0.3, 0.4) is 0 Å². The Hall–Kier alpha value is -1.71. The minimum atomic E-state index is -0.507. The highest BCUT2D eigenvalue weighted by Gasteiger charge is 2.17. The number of hydrogen-bond acceptors (Lipinski definition) is 3. The van der Waals surface area contributed by atoms with E-state index in [0.29, 0.717) is 6.54 Å². The quantitative estimate of drug-likeness (QED) is 0.878. The van der Waals surface area contributed by atoms with Crippen molar-refractivity contribution in [2.24, 2.45) is 0 Å². The third-order valence-corrected chi connectivity index (χ3v) is 3.57. The molecule has 1 aromatic heterocycles. The molecule has 0 saturated heterocycles. The molecule has 20 heavy (non-hydrogen) atoms. The Kier molecular flexibility index (Phi) is 4.88. The third kappa shape index (κ3) is 3.65. The lowest BCUT2D eigenvalue weighted by molar-refractivity contribution is 0.134. The van der Waals surface area contributed by atoms with Gasteiger partial charge in [-0.05, 0) is 43.5 Å². The monoisotopic (exact) mass is 270 g/mol. The van der Waals surface area contributed by atoms with Crippen LogP contribution in [0.25, 0.3) is 0 Å². The van der Waals surface area contributed by atoms with Crippen molar-refractivity contribution in [2.75, 3.05) is 0 Å². The maximum absolute atomic E-state index is 10.5. The first kappa shape index (κ1) is 14.7. The zero-order chi connectivity index (χ0) is 14.5. The molecule has 2 unspecified atom stereocenters. The molecule has 2 atom stereocenters. The van der Waals surface area contributed by atoms with Gasteiger partial charge in [0.1, 0.15) is 0 Å². The van der Waals surface area contributed by atoms with Crippen LogP contribution >= 0.6 is 0 Å². The highest BCUT2D eigenvalue weighted by Crippen LogP contribution is 2.21. The molecule has 0 radical (unpaired) electrons. The Morgan fingerprint density at radius 1 is 1.25 bits per heavy atom. The SMILES string of the molecule is Cc1ccc(C(O)C(C)NCc2cccnc2)c(C)c1. The molecule has 2 aromatic rings. The largest absolute Gasteiger partial charge is 0.387 e. The van der Waals surface area contributed by atoms with Crippen molar-refractivity contribution in [1.82, 2.24) is 10.3 Å². The number of aromatic nitrogens is 1. The Morgan fingerprint density at radius 2 is 2.05 bits per heavy atom. The zero-order valence-electron chi connectivity index (χ0n) is 12.3. The van der Waals surface area contributed by atoms with Gasteiger partial charge in [0.25, 0.3) is 0 Å². The molecule has 0 bridgehead atoms. The van der Waals surface area contributed by atoms with Gasteiger partial charge in [0.15, 0.2) is 0 Å². The number of hydrogen-bond donors (Lipinski definition) is 2. The van der Waals surface area contributed by atoms with Gasteiger partial charge in [0, 0.05) is 25.0 Å². The molecule has 0 amide bonds. The van der Waals surface area contributed by atoms with E-state index in [1.165, 1.54) is 5.56 Å². The van der Waals surface area contributed by atoms with Gasteiger partial charge in [-0.25, -0.2) is 0 Å². The Morgan fingerprint density at radius 3 is 2.70 bits per heavy atom. The van der Waals surface area contributed by atoms with Gasteiger partial charge in [-0.2, -0.15) is 0 Å². The molecule has 0 aliphatic carbocycles. The molecule has 3 heteroatoms. The maximum Gasteiger partial charge on any atom is 0.0942 e. The fourth-order valence-corrected chi connectivity index (χ4v) is 2.32. The molecular formula is C17H22N2O. The van der Waals surface area contributed by atoms with Crippen LogP contribution in [0.2, 0.25) is 0 Å². The third-order valence-electron chi connectivity index (χ3n) is 3.57. The molecular weight excluding hydrogens is 248 g/mol. The summed E-state index contributed by atoms with van der Waals surface area (Å²) in [4.78, 5) is 4.09. The highest BCUT2D eigenvalue weighted by molar-refractivity contribution is 5.32. The first-order chi connectivity index (χ1) is 9.58. The van der Waals surface area contributed by atoms with Crippen molar-refractivity contribution in [3.05, 3.63) is 65.0 Å². The van der Waals surface area contributed by atoms with Gasteiger partial charge in [-0.15, -0.1) is 0 Å². The van der Waals surface area contributed by atoms with E-state index >= 15 is 0 Å². The summed E-state index contributed by atoms with van der Waals surface area (Å²) >= 11 is 0. The number of aliphatic hydroxyl groups is 1. The first-order valence-corrected chi connectivity index (χ1v) is 6.95. The second-order valence-corrected chi connectivity index (χ2v) is 5.34. The number of nitrogens with one attached hydrogen (secondary N) is 1. The lowest BCUT2D eigenvalue weighted by Crippen LogP contribution is -2.32. The fourth-order valence-electron chi connectivity index (χ4n) is 2.32. The van der Waals surface area contributed by atoms with E-state index in [2.05, 4.69) is 23.3 Å². The molecule has 0 fully saturated rings. The summed E-state index contributed by atoms with van der Waals surface area (Å²) in [5.41, 5.74) is 4.45. The van der Waals surface area contributed by atoms with E-state index in [1.54, 1.807) is 6.20 Å². The normalized spacial score (nSPS) is 14.0. The molecule has 1 aromatic carbocycles. The van der Waals surface area contributed by atoms with Crippen molar-refractivity contribution in [2.45, 2.75) is 39.5 Å². The molecule has 1 heterocycles. The molecule has 2 N–H and O–H groups in total. The Balaban J connectivity index is 1.99. The van der Waals surface area contributed by atoms with E-state index in [4.69, 9.17) is 0 Å². The van der Waals surface area contributed by atoms with E-state index in [9.17, 15) is 5.11 Å². The highest BCUT2D eigenvalue weighted by atomic mass is 16.3. The average molecular weight is 270 g/mol. The van der Waals surface area contributed by atoms with Gasteiger partial charge in [0.2, 0.25) is 0 Å². The number of rotatable bonds is 5. The summed E-state index contributed by atoms with van der Waals surface area (Å²) in [5, 5.41) is 13.8. The van der Waals surface area contributed by atoms with Crippen LogP contribution in [0, 0.1) is 13.8 Å². The second-order valence-electron chi connectivity index (χ2n) is 5.34. The van der Waals surface area contributed by atoms with E-state index in [1.807, 2.05) is 44.3 Å². The molecule has 0 spiro atoms. The number of aliphatic hydroxyl groups excluding tert-OH is 1. The predicted molar refractivity (Wildman–Crippen MR) is 81.4 cm³/mol. The van der Waals surface area contributed by atoms with Gasteiger partial charge in [0.05, 0.1) is 6.10 Å². The van der Waals surface area contributed by atoms with Gasteiger partial charge in [-0.1, -0.05) is 29.8 Å². The number of nitrogens with zero attached hydrogens (tertiary/aromatic N) is 1. The van der Waals surface area contributed by atoms with Crippen LogP contribution < -0.4 is 5.32 Å². The van der Waals surface area contributed by atoms with Gasteiger partial charge in [-0.3, -0.25) is 4.98 Å². The van der Waals surface area contributed by atoms with Crippen molar-refractivity contribution in [3.63, 3.8) is 0 Å². The van der Waals surface area contributed by atoms with Crippen LogP contribution in [0.4, 0.5) is 0 Å². The first-order valence-electron chi connectivity index (χ1n) is 6.95. The average Bonchev–Trinajstić information content (AvgIpc) is 2.45. The summed E-state index contributed by atoms with van der Waals surface area (Å²) in [6.07, 6.45) is 3.09. The van der Waals surface area contributed by atoms with E-state index < -0.39 is 6.10 Å². The van der Waals surface area contributed by atoms with Crippen molar-refractivity contribution in [3.8, 4) is 0 Å². The fraction of sp³-hybridized carbons (Fsp3) is 0.353. The summed E-state index contributed by atoms with van der Waals surface area (Å²) in [6.45, 7) is 6.81. The molecule has 0 aliphatic heterocycles. The smallest absolute Gasteiger partial charge is 0.0942 e. The van der Waals surface area contributed by atoms with Crippen LogP contribution in [-0.4, -0.2) is 16.1 Å². The number of benzene rings is 1. The van der Waals surface area contributed by atoms with Crippen LogP contribution in [-0.2, 0) is 6.54 Å². The summed E-state index contributed by atoms with van der Waals surface area (Å²) in [5.74, 6) is 0. The molecule has 2 rings (SSSR count). The topological polar surface area (TPSA) is 45.1 Å². The zero-order valence-corrected chi connectivity index (χ0v) is 12.3. The Labute approximate surface area is 120 Å². The number of aryl methyl sites for hydroxylation is 2. The maximum atomic E-state index is 10.5. The van der Waals surface area contributed by atoms with Crippen LogP contribution in [0.15, 0.2) is 42.7 Å². The molecule has 106 valence electrons. The summed E-state index contributed by atoms with van der Waals surface area (Å²) in [6, 6.07) is 10.1. The Bertz CT molecular complexity index is 554. The summed E-state index contributed by atoms with van der Waals surface area (Å²) in [7, 11) is 0. The standard InChI is InChI=1S/C17H22N2O/c1-12-6-7-16(13(2)9-12)17(20)14(3)19-11-15-5-4-8-18-10-15/h4-10,14,17,19-20H,11H2,1-3H3. The molecule has 0 aliphatic rings. The van der Waals surface area contributed by atoms with Crippen LogP contribution in [0.1, 0.15) is 35.3 Å².